The number of carbonyl (C=O) groups excluding carboxylic acids is 1. The molecule has 146 valence electrons. The summed E-state index contributed by atoms with van der Waals surface area (Å²) in [6.07, 6.45) is 12.7. The molecule has 0 bridgehead atoms. The molecule has 2 aliphatic rings. The third-order valence-corrected chi connectivity index (χ3v) is 6.15. The summed E-state index contributed by atoms with van der Waals surface area (Å²) in [5.74, 6) is 1.30. The second kappa shape index (κ2) is 8.33. The van der Waals surface area contributed by atoms with Crippen LogP contribution < -0.4 is 5.73 Å². The van der Waals surface area contributed by atoms with Crippen LogP contribution in [0.3, 0.4) is 0 Å². The van der Waals surface area contributed by atoms with Gasteiger partial charge in [0.05, 0.1) is 12.2 Å². The summed E-state index contributed by atoms with van der Waals surface area (Å²) >= 11 is 0. The van der Waals surface area contributed by atoms with Gasteiger partial charge >= 0.3 is 0 Å². The first-order chi connectivity index (χ1) is 13.3. The smallest absolute Gasteiger partial charge is 0.222 e. The summed E-state index contributed by atoms with van der Waals surface area (Å²) in [6, 6.07) is 0. The van der Waals surface area contributed by atoms with E-state index >= 15 is 0 Å². The van der Waals surface area contributed by atoms with Crippen molar-refractivity contribution in [2.24, 2.45) is 11.7 Å². The number of fused-ring (bicyclic) bond motifs is 1. The maximum absolute atomic E-state index is 12.7. The maximum Gasteiger partial charge on any atom is 0.222 e. The molecule has 3 heterocycles. The number of aromatic nitrogens is 4. The van der Waals surface area contributed by atoms with Gasteiger partial charge in [0.2, 0.25) is 5.91 Å². The minimum atomic E-state index is 0.238. The predicted octanol–water partition coefficient (Wildman–Crippen LogP) is 2.46. The number of hydrogen-bond donors (Lipinski definition) is 1. The Bertz CT molecular complexity index is 782. The van der Waals surface area contributed by atoms with Crippen LogP contribution in [0.25, 0.3) is 11.2 Å². The molecule has 2 fully saturated rings. The lowest BCUT2D eigenvalue weighted by Crippen LogP contribution is -2.29. The van der Waals surface area contributed by atoms with Crippen LogP contribution in [0, 0.1) is 5.92 Å². The molecule has 0 unspecified atom stereocenters. The second-order valence-corrected chi connectivity index (χ2v) is 7.99. The largest absolute Gasteiger partial charge is 0.342 e. The van der Waals surface area contributed by atoms with E-state index in [9.17, 15) is 4.79 Å². The summed E-state index contributed by atoms with van der Waals surface area (Å²) in [6.45, 7) is 2.71. The minimum absolute atomic E-state index is 0.238. The van der Waals surface area contributed by atoms with Gasteiger partial charge in [0, 0.05) is 44.4 Å². The van der Waals surface area contributed by atoms with Crippen molar-refractivity contribution in [2.45, 2.75) is 63.8 Å². The molecular formula is C20H30N6O. The van der Waals surface area contributed by atoms with Crippen molar-refractivity contribution in [3.63, 3.8) is 0 Å². The fourth-order valence-corrected chi connectivity index (χ4v) is 4.65. The molecule has 0 aromatic carbocycles. The monoisotopic (exact) mass is 370 g/mol. The quantitative estimate of drug-likeness (QED) is 0.843. The van der Waals surface area contributed by atoms with Crippen LogP contribution in [-0.4, -0.2) is 50.2 Å². The van der Waals surface area contributed by atoms with Crippen LogP contribution in [0.5, 0.6) is 0 Å². The SMILES string of the molecule is NCCn1nc([C@@H]2CCN(C(=O)CCC3CCCCC3)C2)c2nccnc21. The van der Waals surface area contributed by atoms with Crippen LogP contribution in [0.15, 0.2) is 12.4 Å². The van der Waals surface area contributed by atoms with Gasteiger partial charge in [-0.25, -0.2) is 14.6 Å². The molecule has 1 saturated heterocycles. The van der Waals surface area contributed by atoms with E-state index in [0.29, 0.717) is 25.4 Å². The van der Waals surface area contributed by atoms with Gasteiger partial charge < -0.3 is 10.6 Å². The van der Waals surface area contributed by atoms with Crippen molar-refractivity contribution < 1.29 is 4.79 Å². The molecule has 1 aliphatic heterocycles. The van der Waals surface area contributed by atoms with Gasteiger partial charge in [-0.15, -0.1) is 0 Å². The van der Waals surface area contributed by atoms with Crippen molar-refractivity contribution in [1.29, 1.82) is 0 Å². The Balaban J connectivity index is 1.40. The normalized spacial score (nSPS) is 21.2. The first kappa shape index (κ1) is 18.3. The highest BCUT2D eigenvalue weighted by atomic mass is 16.2. The molecule has 0 spiro atoms. The van der Waals surface area contributed by atoms with Gasteiger partial charge in [0.25, 0.3) is 0 Å². The van der Waals surface area contributed by atoms with Gasteiger partial charge in [-0.2, -0.15) is 5.10 Å². The van der Waals surface area contributed by atoms with E-state index in [2.05, 4.69) is 9.97 Å². The Labute approximate surface area is 160 Å². The van der Waals surface area contributed by atoms with Gasteiger partial charge in [-0.05, 0) is 18.8 Å². The number of nitrogens with two attached hydrogens (primary N) is 1. The van der Waals surface area contributed by atoms with Crippen LogP contribution in [0.1, 0.15) is 63.0 Å². The van der Waals surface area contributed by atoms with E-state index in [0.717, 1.165) is 48.7 Å². The van der Waals surface area contributed by atoms with E-state index in [1.54, 1.807) is 12.4 Å². The lowest BCUT2D eigenvalue weighted by atomic mass is 9.86. The van der Waals surface area contributed by atoms with E-state index in [4.69, 9.17) is 10.8 Å². The summed E-state index contributed by atoms with van der Waals surface area (Å²) < 4.78 is 1.85. The van der Waals surface area contributed by atoms with Gasteiger partial charge in [-0.3, -0.25) is 4.79 Å². The van der Waals surface area contributed by atoms with E-state index in [1.807, 2.05) is 9.58 Å². The number of rotatable bonds is 6. The van der Waals surface area contributed by atoms with Gasteiger partial charge in [0.1, 0.15) is 5.52 Å². The average molecular weight is 371 g/mol. The lowest BCUT2D eigenvalue weighted by Gasteiger charge is -2.22. The third-order valence-electron chi connectivity index (χ3n) is 6.15. The molecular weight excluding hydrogens is 340 g/mol. The van der Waals surface area contributed by atoms with E-state index < -0.39 is 0 Å². The van der Waals surface area contributed by atoms with Crippen molar-refractivity contribution in [2.75, 3.05) is 19.6 Å². The molecule has 7 nitrogen and oxygen atoms in total. The molecule has 7 heteroatoms. The number of hydrogen-bond acceptors (Lipinski definition) is 5. The first-order valence-corrected chi connectivity index (χ1v) is 10.4. The zero-order valence-electron chi connectivity index (χ0n) is 16.0. The van der Waals surface area contributed by atoms with Crippen molar-refractivity contribution >= 4 is 17.1 Å². The zero-order chi connectivity index (χ0) is 18.6. The standard InChI is InChI=1S/C20H30N6O/c21-9-13-26-20-19(22-10-11-23-20)18(24-26)16-8-12-25(14-16)17(27)7-6-15-4-2-1-3-5-15/h10-11,15-16H,1-9,12-14,21H2/t16-/m1/s1. The minimum Gasteiger partial charge on any atom is -0.342 e. The van der Waals surface area contributed by atoms with Crippen LogP contribution >= 0.6 is 0 Å². The molecule has 2 aromatic heterocycles. The van der Waals surface area contributed by atoms with Crippen molar-refractivity contribution in [3.8, 4) is 0 Å². The highest BCUT2D eigenvalue weighted by Crippen LogP contribution is 2.32. The Hall–Kier alpha value is -2.02. The Morgan fingerprint density at radius 1 is 1.15 bits per heavy atom. The number of amides is 1. The fourth-order valence-electron chi connectivity index (χ4n) is 4.65. The zero-order valence-corrected chi connectivity index (χ0v) is 16.0. The summed E-state index contributed by atoms with van der Waals surface area (Å²) in [5.41, 5.74) is 8.32. The summed E-state index contributed by atoms with van der Waals surface area (Å²) in [4.78, 5) is 23.7. The fraction of sp³-hybridized carbons (Fsp3) is 0.700. The molecule has 4 rings (SSSR count). The van der Waals surface area contributed by atoms with E-state index in [1.165, 1.54) is 32.1 Å². The third kappa shape index (κ3) is 3.98. The van der Waals surface area contributed by atoms with Crippen molar-refractivity contribution in [1.82, 2.24) is 24.6 Å². The first-order valence-electron chi connectivity index (χ1n) is 10.4. The number of likely N-dealkylation sites (tertiary alicyclic amines) is 1. The average Bonchev–Trinajstić information content (AvgIpc) is 3.33. The highest BCUT2D eigenvalue weighted by Gasteiger charge is 2.31. The Morgan fingerprint density at radius 2 is 1.96 bits per heavy atom. The maximum atomic E-state index is 12.7. The Morgan fingerprint density at radius 3 is 2.78 bits per heavy atom. The molecule has 2 aromatic rings. The number of carbonyl (C=O) groups is 1. The second-order valence-electron chi connectivity index (χ2n) is 7.99. The molecule has 27 heavy (non-hydrogen) atoms. The van der Waals surface area contributed by atoms with Crippen LogP contribution in [-0.2, 0) is 11.3 Å². The highest BCUT2D eigenvalue weighted by molar-refractivity contribution is 5.77. The molecule has 1 saturated carbocycles. The van der Waals surface area contributed by atoms with Crippen LogP contribution in [0.4, 0.5) is 0 Å². The van der Waals surface area contributed by atoms with Gasteiger partial charge in [0.15, 0.2) is 5.65 Å². The summed E-state index contributed by atoms with van der Waals surface area (Å²) in [7, 11) is 0. The van der Waals surface area contributed by atoms with Gasteiger partial charge in [-0.1, -0.05) is 32.1 Å². The molecule has 1 atom stereocenters. The topological polar surface area (TPSA) is 89.9 Å². The lowest BCUT2D eigenvalue weighted by molar-refractivity contribution is -0.130. The van der Waals surface area contributed by atoms with Crippen LogP contribution in [0.2, 0.25) is 0 Å². The molecule has 1 aliphatic carbocycles. The molecule has 0 radical (unpaired) electrons. The van der Waals surface area contributed by atoms with Crippen molar-refractivity contribution in [3.05, 3.63) is 18.1 Å². The Kier molecular flexibility index (Phi) is 5.66. The molecule has 1 amide bonds. The summed E-state index contributed by atoms with van der Waals surface area (Å²) in [5, 5.41) is 4.75. The number of nitrogens with zero attached hydrogens (tertiary/aromatic N) is 5. The molecule has 2 N–H and O–H groups in total. The van der Waals surface area contributed by atoms with E-state index in [-0.39, 0.29) is 5.92 Å². The predicted molar refractivity (Wildman–Crippen MR) is 104 cm³/mol.